The van der Waals surface area contributed by atoms with Gasteiger partial charge in [-0.05, 0) is 25.8 Å². The number of nitrogens with one attached hydrogen (secondary N) is 1. The van der Waals surface area contributed by atoms with Gasteiger partial charge in [0, 0.05) is 25.5 Å². The Labute approximate surface area is 114 Å². The van der Waals surface area contributed by atoms with E-state index in [1.807, 2.05) is 14.2 Å². The highest BCUT2D eigenvalue weighted by Crippen LogP contribution is 2.37. The predicted molar refractivity (Wildman–Crippen MR) is 76.1 cm³/mol. The van der Waals surface area contributed by atoms with Crippen LogP contribution in [0.4, 0.5) is 0 Å². The third-order valence-corrected chi connectivity index (χ3v) is 4.73. The van der Waals surface area contributed by atoms with E-state index in [9.17, 15) is 0 Å². The number of aromatic nitrogens is 1. The minimum absolute atomic E-state index is 0.221. The summed E-state index contributed by atoms with van der Waals surface area (Å²) in [5, 5.41) is 6.52. The second kappa shape index (κ2) is 7.22. The molecule has 4 heteroatoms. The van der Waals surface area contributed by atoms with Gasteiger partial charge in [-0.25, -0.2) is 4.98 Å². The lowest BCUT2D eigenvalue weighted by atomic mass is 9.85. The number of methoxy groups -OCH3 is 1. The van der Waals surface area contributed by atoms with Crippen LogP contribution in [-0.2, 0) is 11.2 Å². The molecule has 1 saturated carbocycles. The van der Waals surface area contributed by atoms with Gasteiger partial charge in [-0.2, -0.15) is 0 Å². The van der Waals surface area contributed by atoms with Crippen molar-refractivity contribution in [1.82, 2.24) is 10.3 Å². The van der Waals surface area contributed by atoms with Gasteiger partial charge < -0.3 is 10.1 Å². The van der Waals surface area contributed by atoms with Gasteiger partial charge in [0.25, 0.3) is 0 Å². The van der Waals surface area contributed by atoms with Crippen LogP contribution in [0.15, 0.2) is 5.38 Å². The molecule has 1 aliphatic carbocycles. The zero-order chi connectivity index (χ0) is 12.8. The lowest BCUT2D eigenvalue weighted by molar-refractivity contribution is 0.0351. The minimum Gasteiger partial charge on any atom is -0.374 e. The normalized spacial score (nSPS) is 19.0. The molecule has 1 unspecified atom stereocenters. The van der Waals surface area contributed by atoms with Crippen molar-refractivity contribution in [3.63, 3.8) is 0 Å². The fraction of sp³-hybridized carbons (Fsp3) is 0.786. The van der Waals surface area contributed by atoms with E-state index in [1.165, 1.54) is 42.8 Å². The molecule has 0 aliphatic heterocycles. The lowest BCUT2D eigenvalue weighted by Crippen LogP contribution is -2.18. The molecule has 1 fully saturated rings. The smallest absolute Gasteiger partial charge is 0.122 e. The summed E-state index contributed by atoms with van der Waals surface area (Å²) in [6.45, 7) is 0.990. The fourth-order valence-corrected chi connectivity index (χ4v) is 3.77. The van der Waals surface area contributed by atoms with Gasteiger partial charge >= 0.3 is 0 Å². The highest BCUT2D eigenvalue weighted by molar-refractivity contribution is 7.09. The number of nitrogens with zero attached hydrogens (tertiary/aromatic N) is 1. The number of thiazole rings is 1. The van der Waals surface area contributed by atoms with Gasteiger partial charge in [0.05, 0.1) is 5.69 Å². The molecule has 2 rings (SSSR count). The van der Waals surface area contributed by atoms with Crippen LogP contribution in [0.3, 0.4) is 0 Å². The average molecular weight is 268 g/mol. The Balaban J connectivity index is 1.99. The number of ether oxygens (including phenoxy) is 1. The van der Waals surface area contributed by atoms with E-state index in [4.69, 9.17) is 9.72 Å². The van der Waals surface area contributed by atoms with Gasteiger partial charge in [0.15, 0.2) is 0 Å². The van der Waals surface area contributed by atoms with Crippen LogP contribution in [0, 0.1) is 5.92 Å². The summed E-state index contributed by atoms with van der Waals surface area (Å²) in [7, 11) is 3.81. The van der Waals surface area contributed by atoms with Crippen molar-refractivity contribution in [2.75, 3.05) is 20.7 Å². The van der Waals surface area contributed by atoms with E-state index in [0.29, 0.717) is 5.92 Å². The predicted octanol–water partition coefficient (Wildman–Crippen LogP) is 3.17. The van der Waals surface area contributed by atoms with Crippen LogP contribution in [0.25, 0.3) is 0 Å². The molecule has 0 aromatic carbocycles. The van der Waals surface area contributed by atoms with Crippen LogP contribution in [0.2, 0.25) is 0 Å². The topological polar surface area (TPSA) is 34.1 Å². The first kappa shape index (κ1) is 14.0. The summed E-state index contributed by atoms with van der Waals surface area (Å²) in [6.07, 6.45) is 7.91. The maximum Gasteiger partial charge on any atom is 0.122 e. The quantitative estimate of drug-likeness (QED) is 0.860. The molecule has 0 saturated heterocycles. The summed E-state index contributed by atoms with van der Waals surface area (Å²) in [5.41, 5.74) is 1.20. The van der Waals surface area contributed by atoms with Crippen molar-refractivity contribution >= 4 is 11.3 Å². The molecule has 0 spiro atoms. The maximum absolute atomic E-state index is 5.73. The molecule has 102 valence electrons. The first-order chi connectivity index (χ1) is 8.85. The maximum atomic E-state index is 5.73. The van der Waals surface area contributed by atoms with Crippen LogP contribution in [0.1, 0.15) is 48.9 Å². The second-order valence-corrected chi connectivity index (χ2v) is 5.97. The average Bonchev–Trinajstić information content (AvgIpc) is 2.87. The summed E-state index contributed by atoms with van der Waals surface area (Å²) in [4.78, 5) is 4.75. The molecular weight excluding hydrogens is 244 g/mol. The number of likely N-dealkylation sites (N-methyl/N-ethyl adjacent to an activating group) is 1. The molecule has 1 atom stereocenters. The van der Waals surface area contributed by atoms with Crippen molar-refractivity contribution < 1.29 is 4.74 Å². The summed E-state index contributed by atoms with van der Waals surface area (Å²) < 4.78 is 5.73. The Kier molecular flexibility index (Phi) is 5.60. The molecule has 3 nitrogen and oxygen atoms in total. The Morgan fingerprint density at radius 3 is 2.89 bits per heavy atom. The van der Waals surface area contributed by atoms with Crippen LogP contribution in [0.5, 0.6) is 0 Å². The van der Waals surface area contributed by atoms with Crippen molar-refractivity contribution in [1.29, 1.82) is 0 Å². The Morgan fingerprint density at radius 2 is 2.22 bits per heavy atom. The molecule has 18 heavy (non-hydrogen) atoms. The second-order valence-electron chi connectivity index (χ2n) is 5.09. The Morgan fingerprint density at radius 1 is 1.44 bits per heavy atom. The minimum atomic E-state index is 0.221. The van der Waals surface area contributed by atoms with E-state index in [0.717, 1.165) is 13.0 Å². The van der Waals surface area contributed by atoms with E-state index >= 15 is 0 Å². The van der Waals surface area contributed by atoms with E-state index in [-0.39, 0.29) is 6.10 Å². The number of hydrogen-bond acceptors (Lipinski definition) is 4. The molecule has 0 amide bonds. The Bertz CT molecular complexity index is 347. The molecule has 1 N–H and O–H groups in total. The first-order valence-electron chi connectivity index (χ1n) is 6.97. The van der Waals surface area contributed by atoms with Crippen molar-refractivity contribution in [2.45, 2.75) is 44.6 Å². The monoisotopic (exact) mass is 268 g/mol. The molecule has 0 bridgehead atoms. The van der Waals surface area contributed by atoms with Gasteiger partial charge in [-0.3, -0.25) is 0 Å². The number of rotatable bonds is 6. The number of hydrogen-bond donors (Lipinski definition) is 1. The van der Waals surface area contributed by atoms with Crippen molar-refractivity contribution in [2.24, 2.45) is 5.92 Å². The standard InChI is InChI=1S/C14H24N2OS/c1-15-9-8-12-10-18-14(16-12)13(17-2)11-6-4-3-5-7-11/h10-11,13,15H,3-9H2,1-2H3. The van der Waals surface area contributed by atoms with E-state index in [2.05, 4.69) is 10.7 Å². The molecule has 1 heterocycles. The SMILES string of the molecule is CNCCc1csc(C(OC)C2CCCCC2)n1. The molecular formula is C14H24N2OS. The van der Waals surface area contributed by atoms with Crippen molar-refractivity contribution in [3.8, 4) is 0 Å². The molecule has 1 aliphatic rings. The zero-order valence-corrected chi connectivity index (χ0v) is 12.3. The van der Waals surface area contributed by atoms with Gasteiger partial charge in [-0.15, -0.1) is 11.3 Å². The molecule has 1 aromatic rings. The van der Waals surface area contributed by atoms with E-state index < -0.39 is 0 Å². The van der Waals surface area contributed by atoms with Crippen LogP contribution >= 0.6 is 11.3 Å². The summed E-state index contributed by atoms with van der Waals surface area (Å²) in [6, 6.07) is 0. The van der Waals surface area contributed by atoms with Crippen LogP contribution < -0.4 is 5.32 Å². The highest BCUT2D eigenvalue weighted by atomic mass is 32.1. The van der Waals surface area contributed by atoms with E-state index in [1.54, 1.807) is 11.3 Å². The molecule has 1 aromatic heterocycles. The largest absolute Gasteiger partial charge is 0.374 e. The Hall–Kier alpha value is -0.450. The third-order valence-electron chi connectivity index (χ3n) is 3.78. The lowest BCUT2D eigenvalue weighted by Gasteiger charge is -2.27. The van der Waals surface area contributed by atoms with Gasteiger partial charge in [0.2, 0.25) is 0 Å². The summed E-state index contributed by atoms with van der Waals surface area (Å²) in [5.74, 6) is 0.673. The highest BCUT2D eigenvalue weighted by Gasteiger charge is 2.27. The first-order valence-corrected chi connectivity index (χ1v) is 7.84. The van der Waals surface area contributed by atoms with Gasteiger partial charge in [0.1, 0.15) is 11.1 Å². The zero-order valence-electron chi connectivity index (χ0n) is 11.4. The fourth-order valence-electron chi connectivity index (χ4n) is 2.75. The van der Waals surface area contributed by atoms with Crippen LogP contribution in [-0.4, -0.2) is 25.7 Å². The molecule has 0 radical (unpaired) electrons. The third kappa shape index (κ3) is 3.53. The van der Waals surface area contributed by atoms with Gasteiger partial charge in [-0.1, -0.05) is 19.3 Å². The van der Waals surface area contributed by atoms with Crippen molar-refractivity contribution in [3.05, 3.63) is 16.1 Å². The summed E-state index contributed by atoms with van der Waals surface area (Å²) >= 11 is 1.76.